The van der Waals surface area contributed by atoms with Crippen molar-refractivity contribution in [3.8, 4) is 0 Å². The number of carbonyl (C=O) groups is 1. The topological polar surface area (TPSA) is 41.8 Å². The van der Waals surface area contributed by atoms with Crippen molar-refractivity contribution in [1.82, 2.24) is 0 Å². The second-order valence-electron chi connectivity index (χ2n) is 1.16. The van der Waals surface area contributed by atoms with Gasteiger partial charge in [-0.1, -0.05) is 0 Å². The number of amides is 1. The normalized spacial score (nSPS) is 15.8. The molecule has 44 valence electrons. The summed E-state index contributed by atoms with van der Waals surface area (Å²) in [6.07, 6.45) is 2.91. The number of hydrogen-bond acceptors (Lipinski definition) is 2. The zero-order valence-electron chi connectivity index (χ0n) is 4.07. The van der Waals surface area contributed by atoms with Gasteiger partial charge in [-0.15, -0.1) is 12.4 Å². The Morgan fingerprint density at radius 1 is 1.50 bits per heavy atom. The Kier molecular flexibility index (Phi) is 3.03. The fourth-order valence-corrected chi connectivity index (χ4v) is 0.335. The van der Waals surface area contributed by atoms with Gasteiger partial charge in [-0.25, -0.2) is 4.99 Å². The van der Waals surface area contributed by atoms with E-state index in [-0.39, 0.29) is 24.9 Å². The predicted molar refractivity (Wildman–Crippen MR) is 34.1 cm³/mol. The number of carbonyl (C=O) groups excluding carboxylic acids is 1. The highest BCUT2D eigenvalue weighted by Crippen LogP contribution is 1.78. The van der Waals surface area contributed by atoms with E-state index in [1.807, 2.05) is 0 Å². The van der Waals surface area contributed by atoms with Crippen LogP contribution in [0.1, 0.15) is 0 Å². The van der Waals surface area contributed by atoms with Crippen molar-refractivity contribution in [3.63, 3.8) is 0 Å². The fourth-order valence-electron chi connectivity index (χ4n) is 0.335. The molecule has 3 nitrogen and oxygen atoms in total. The number of rotatable bonds is 0. The lowest BCUT2D eigenvalue weighted by Crippen LogP contribution is -2.03. The summed E-state index contributed by atoms with van der Waals surface area (Å²) in [6.45, 7) is 0.219. The van der Waals surface area contributed by atoms with Crippen LogP contribution in [0.2, 0.25) is 0 Å². The third-order valence-electron chi connectivity index (χ3n) is 0.617. The maximum Gasteiger partial charge on any atom is 0.267 e. The molecule has 0 saturated heterocycles. The molecule has 0 spiro atoms. The molecule has 0 aliphatic carbocycles. The Bertz CT molecular complexity index is 141. The molecule has 0 bridgehead atoms. The van der Waals surface area contributed by atoms with Crippen LogP contribution in [-0.4, -0.2) is 24.9 Å². The highest BCUT2D eigenvalue weighted by Gasteiger charge is 1.94. The van der Waals surface area contributed by atoms with Crippen LogP contribution in [0, 0.1) is 0 Å². The molecule has 1 aliphatic heterocycles. The first-order chi connectivity index (χ1) is 3.39. The van der Waals surface area contributed by atoms with Crippen LogP contribution >= 0.6 is 12.4 Å². The molecular formula is C4H5ClN2O. The third kappa shape index (κ3) is 1.84. The van der Waals surface area contributed by atoms with Gasteiger partial charge in [0.1, 0.15) is 6.54 Å². The van der Waals surface area contributed by atoms with Crippen LogP contribution in [0.15, 0.2) is 9.98 Å². The molecule has 0 aromatic carbocycles. The van der Waals surface area contributed by atoms with E-state index < -0.39 is 0 Å². The third-order valence-corrected chi connectivity index (χ3v) is 0.617. The maximum absolute atomic E-state index is 10.2. The van der Waals surface area contributed by atoms with E-state index in [4.69, 9.17) is 0 Å². The largest absolute Gasteiger partial charge is 0.282 e. The van der Waals surface area contributed by atoms with E-state index in [0.717, 1.165) is 0 Å². The molecule has 1 amide bonds. The minimum Gasteiger partial charge on any atom is -0.282 e. The molecule has 0 aromatic rings. The van der Waals surface area contributed by atoms with E-state index in [1.165, 1.54) is 12.4 Å². The first-order valence-electron chi connectivity index (χ1n) is 1.95. The summed E-state index contributed by atoms with van der Waals surface area (Å²) in [5.74, 6) is -0.164. The highest BCUT2D eigenvalue weighted by molar-refractivity contribution is 6.20. The quantitative estimate of drug-likeness (QED) is 0.461. The van der Waals surface area contributed by atoms with Crippen LogP contribution in [0.25, 0.3) is 0 Å². The van der Waals surface area contributed by atoms with Gasteiger partial charge in [-0.2, -0.15) is 0 Å². The molecule has 0 fully saturated rings. The van der Waals surface area contributed by atoms with Gasteiger partial charge in [-0.3, -0.25) is 9.79 Å². The lowest BCUT2D eigenvalue weighted by molar-refractivity contribution is -0.116. The summed E-state index contributed by atoms with van der Waals surface area (Å²) < 4.78 is 0. The number of hydrogen-bond donors (Lipinski definition) is 0. The summed E-state index contributed by atoms with van der Waals surface area (Å²) in [4.78, 5) is 17.2. The van der Waals surface area contributed by atoms with Gasteiger partial charge < -0.3 is 0 Å². The molecule has 1 heterocycles. The van der Waals surface area contributed by atoms with Crippen molar-refractivity contribution in [2.75, 3.05) is 6.54 Å². The summed E-state index contributed by atoms with van der Waals surface area (Å²) in [7, 11) is 0. The van der Waals surface area contributed by atoms with Crippen molar-refractivity contribution in [3.05, 3.63) is 0 Å². The van der Waals surface area contributed by atoms with Crippen LogP contribution in [0.5, 0.6) is 0 Å². The van der Waals surface area contributed by atoms with Gasteiger partial charge >= 0.3 is 0 Å². The van der Waals surface area contributed by atoms with Gasteiger partial charge in [-0.05, 0) is 0 Å². The molecule has 0 saturated carbocycles. The summed E-state index contributed by atoms with van der Waals surface area (Å²) in [5, 5.41) is 0. The Hall–Kier alpha value is -0.700. The predicted octanol–water partition coefficient (Wildman–Crippen LogP) is 0.0900. The van der Waals surface area contributed by atoms with E-state index in [1.54, 1.807) is 0 Å². The first-order valence-corrected chi connectivity index (χ1v) is 1.95. The van der Waals surface area contributed by atoms with Gasteiger partial charge in [0.15, 0.2) is 0 Å². The average molecular weight is 133 g/mol. The van der Waals surface area contributed by atoms with Crippen molar-refractivity contribution in [2.24, 2.45) is 9.98 Å². The van der Waals surface area contributed by atoms with Gasteiger partial charge in [0, 0.05) is 12.4 Å². The Balaban J connectivity index is 0.000000490. The zero-order valence-corrected chi connectivity index (χ0v) is 4.89. The van der Waals surface area contributed by atoms with Crippen LogP contribution in [0.4, 0.5) is 0 Å². The van der Waals surface area contributed by atoms with Gasteiger partial charge in [0.2, 0.25) is 0 Å². The molecule has 1 rings (SSSR count). The number of halogens is 1. The van der Waals surface area contributed by atoms with E-state index in [2.05, 4.69) is 9.98 Å². The molecule has 4 heteroatoms. The average Bonchev–Trinajstić information content (AvgIpc) is 1.69. The molecule has 1 aliphatic rings. The van der Waals surface area contributed by atoms with Crippen LogP contribution < -0.4 is 0 Å². The number of nitrogens with zero attached hydrogens (tertiary/aromatic N) is 2. The lowest BCUT2D eigenvalue weighted by Gasteiger charge is -1.88. The van der Waals surface area contributed by atoms with Crippen molar-refractivity contribution in [1.29, 1.82) is 0 Å². The second kappa shape index (κ2) is 3.32. The Morgan fingerprint density at radius 3 is 2.50 bits per heavy atom. The fraction of sp³-hybridized carbons (Fsp3) is 0.250. The highest BCUT2D eigenvalue weighted by atomic mass is 35.5. The van der Waals surface area contributed by atoms with Crippen molar-refractivity contribution >= 4 is 30.7 Å². The van der Waals surface area contributed by atoms with Gasteiger partial charge in [0.25, 0.3) is 5.91 Å². The minimum absolute atomic E-state index is 0. The molecule has 0 unspecified atom stereocenters. The van der Waals surface area contributed by atoms with Crippen LogP contribution in [-0.2, 0) is 4.79 Å². The monoisotopic (exact) mass is 132 g/mol. The van der Waals surface area contributed by atoms with Crippen molar-refractivity contribution < 1.29 is 4.79 Å². The number of aliphatic imine (C=N–C) groups is 2. The molecule has 0 radical (unpaired) electrons. The maximum atomic E-state index is 10.2. The minimum atomic E-state index is -0.164. The molecule has 0 N–H and O–H groups in total. The molecule has 0 aromatic heterocycles. The van der Waals surface area contributed by atoms with E-state index >= 15 is 0 Å². The molecular weight excluding hydrogens is 128 g/mol. The summed E-state index contributed by atoms with van der Waals surface area (Å²) >= 11 is 0. The van der Waals surface area contributed by atoms with E-state index in [0.29, 0.717) is 0 Å². The van der Waals surface area contributed by atoms with Crippen molar-refractivity contribution in [2.45, 2.75) is 0 Å². The SMILES string of the molecule is Cl.O=C1CN=CC=N1. The first kappa shape index (κ1) is 7.30. The van der Waals surface area contributed by atoms with E-state index in [9.17, 15) is 4.79 Å². The zero-order chi connectivity index (χ0) is 5.11. The lowest BCUT2D eigenvalue weighted by atomic mass is 10.5. The van der Waals surface area contributed by atoms with Crippen LogP contribution in [0.3, 0.4) is 0 Å². The summed E-state index contributed by atoms with van der Waals surface area (Å²) in [5.41, 5.74) is 0. The Morgan fingerprint density at radius 2 is 2.25 bits per heavy atom. The second-order valence-corrected chi connectivity index (χ2v) is 1.16. The Labute approximate surface area is 52.9 Å². The van der Waals surface area contributed by atoms with Gasteiger partial charge in [0.05, 0.1) is 0 Å². The molecule has 8 heavy (non-hydrogen) atoms. The standard InChI is InChI=1S/C4H4N2O.ClH/c7-4-3-5-1-2-6-4;/h1-2H,3H2;1H. The summed E-state index contributed by atoms with van der Waals surface area (Å²) in [6, 6.07) is 0. The molecule has 0 atom stereocenters. The smallest absolute Gasteiger partial charge is 0.267 e.